The third kappa shape index (κ3) is 4.95. The first-order valence-corrected chi connectivity index (χ1v) is 9.75. The van der Waals surface area contributed by atoms with Gasteiger partial charge in [-0.05, 0) is 30.4 Å². The van der Waals surface area contributed by atoms with Gasteiger partial charge in [-0.3, -0.25) is 0 Å². The summed E-state index contributed by atoms with van der Waals surface area (Å²) in [5.41, 5.74) is 2.15. The lowest BCUT2D eigenvalue weighted by Gasteiger charge is -2.21. The Morgan fingerprint density at radius 2 is 2.08 bits per heavy atom. The van der Waals surface area contributed by atoms with Crippen molar-refractivity contribution in [1.82, 2.24) is 20.2 Å². The van der Waals surface area contributed by atoms with Crippen LogP contribution in [0.4, 0.5) is 0 Å². The minimum absolute atomic E-state index is 0.526. The van der Waals surface area contributed by atoms with E-state index in [1.54, 1.807) is 11.3 Å². The van der Waals surface area contributed by atoms with Gasteiger partial charge < -0.3 is 15.2 Å². The number of benzene rings is 1. The second-order valence-corrected chi connectivity index (χ2v) is 7.06. The van der Waals surface area contributed by atoms with Crippen LogP contribution in [0.5, 0.6) is 0 Å². The van der Waals surface area contributed by atoms with E-state index in [4.69, 9.17) is 4.99 Å². The van der Waals surface area contributed by atoms with Crippen molar-refractivity contribution in [3.05, 3.63) is 64.7 Å². The van der Waals surface area contributed by atoms with E-state index in [1.165, 1.54) is 4.88 Å². The maximum absolute atomic E-state index is 4.73. The van der Waals surface area contributed by atoms with Crippen LogP contribution in [-0.4, -0.2) is 41.0 Å². The van der Waals surface area contributed by atoms with Crippen molar-refractivity contribution in [2.45, 2.75) is 19.9 Å². The number of aromatic amines is 1. The highest BCUT2D eigenvalue weighted by atomic mass is 32.1. The summed E-state index contributed by atoms with van der Waals surface area (Å²) < 4.78 is 0. The van der Waals surface area contributed by atoms with E-state index in [2.05, 4.69) is 63.8 Å². The highest BCUT2D eigenvalue weighted by molar-refractivity contribution is 7.09. The average molecular weight is 368 g/mol. The van der Waals surface area contributed by atoms with E-state index in [-0.39, 0.29) is 0 Å². The van der Waals surface area contributed by atoms with Crippen molar-refractivity contribution in [3.8, 4) is 11.3 Å². The summed E-state index contributed by atoms with van der Waals surface area (Å²) in [6.45, 7) is 4.39. The highest BCUT2D eigenvalue weighted by Gasteiger charge is 2.08. The lowest BCUT2D eigenvalue weighted by molar-refractivity contribution is 0.486. The number of imidazole rings is 1. The van der Waals surface area contributed by atoms with E-state index in [1.807, 2.05) is 24.4 Å². The number of aromatic nitrogens is 2. The number of nitrogens with zero attached hydrogens (tertiary/aromatic N) is 3. The van der Waals surface area contributed by atoms with Crippen LogP contribution in [0.3, 0.4) is 0 Å². The molecule has 0 unspecified atom stereocenters. The Morgan fingerprint density at radius 1 is 1.23 bits per heavy atom. The molecule has 2 N–H and O–H groups in total. The van der Waals surface area contributed by atoms with E-state index in [0.29, 0.717) is 6.54 Å². The molecule has 1 aromatic carbocycles. The van der Waals surface area contributed by atoms with Crippen molar-refractivity contribution in [1.29, 1.82) is 0 Å². The largest absolute Gasteiger partial charge is 0.357 e. The number of aliphatic imine (C=N–C) groups is 1. The van der Waals surface area contributed by atoms with Gasteiger partial charge >= 0.3 is 0 Å². The maximum atomic E-state index is 4.73. The second kappa shape index (κ2) is 9.20. The second-order valence-electron chi connectivity index (χ2n) is 6.03. The summed E-state index contributed by atoms with van der Waals surface area (Å²) in [7, 11) is 2.08. The summed E-state index contributed by atoms with van der Waals surface area (Å²) >= 11 is 1.80. The molecule has 0 atom stereocenters. The van der Waals surface area contributed by atoms with E-state index in [9.17, 15) is 0 Å². The molecule has 0 amide bonds. The fourth-order valence-corrected chi connectivity index (χ4v) is 3.36. The van der Waals surface area contributed by atoms with Gasteiger partial charge in [0.15, 0.2) is 5.96 Å². The molecule has 0 fully saturated rings. The molecule has 0 spiro atoms. The predicted octanol–water partition coefficient (Wildman–Crippen LogP) is 3.78. The van der Waals surface area contributed by atoms with E-state index in [0.717, 1.165) is 42.6 Å². The van der Waals surface area contributed by atoms with Crippen LogP contribution in [-0.2, 0) is 13.0 Å². The molecule has 6 heteroatoms. The average Bonchev–Trinajstić information content (AvgIpc) is 3.36. The van der Waals surface area contributed by atoms with Crippen LogP contribution in [0.1, 0.15) is 17.6 Å². The number of thiophene rings is 1. The number of likely N-dealkylation sites (N-methyl/N-ethyl adjacent to an activating group) is 1. The summed E-state index contributed by atoms with van der Waals surface area (Å²) in [6.07, 6.45) is 2.89. The topological polar surface area (TPSA) is 56.3 Å². The smallest absolute Gasteiger partial charge is 0.194 e. The number of guanidine groups is 1. The molecule has 0 aliphatic rings. The molecule has 3 rings (SSSR count). The number of H-pyrrole nitrogens is 1. The lowest BCUT2D eigenvalue weighted by atomic mass is 10.2. The number of hydrogen-bond acceptors (Lipinski definition) is 3. The summed E-state index contributed by atoms with van der Waals surface area (Å²) in [6, 6.07) is 14.5. The quantitative estimate of drug-likeness (QED) is 0.494. The molecule has 0 bridgehead atoms. The van der Waals surface area contributed by atoms with Gasteiger partial charge in [-0.1, -0.05) is 36.4 Å². The summed E-state index contributed by atoms with van der Waals surface area (Å²) in [5.74, 6) is 1.77. The Labute approximate surface area is 158 Å². The molecule has 2 heterocycles. The predicted molar refractivity (Wildman–Crippen MR) is 109 cm³/mol. The fourth-order valence-electron chi connectivity index (χ4n) is 2.67. The molecule has 0 saturated heterocycles. The summed E-state index contributed by atoms with van der Waals surface area (Å²) in [4.78, 5) is 16.1. The molecule has 26 heavy (non-hydrogen) atoms. The first-order valence-electron chi connectivity index (χ1n) is 8.87. The Balaban J connectivity index is 1.62. The van der Waals surface area contributed by atoms with Gasteiger partial charge in [-0.15, -0.1) is 11.3 Å². The SMILES string of the molecule is CCNC(=NCc1ncc(-c2ccccc2)[nH]1)N(C)CCc1cccs1. The van der Waals surface area contributed by atoms with Gasteiger partial charge in [-0.25, -0.2) is 9.98 Å². The van der Waals surface area contributed by atoms with Crippen LogP contribution < -0.4 is 5.32 Å². The third-order valence-electron chi connectivity index (χ3n) is 4.06. The zero-order valence-electron chi connectivity index (χ0n) is 15.3. The van der Waals surface area contributed by atoms with E-state index >= 15 is 0 Å². The number of rotatable bonds is 7. The first-order chi connectivity index (χ1) is 12.8. The standard InChI is InChI=1S/C20H25N5S/c1-3-21-20(25(2)12-11-17-10-7-13-26-17)23-15-19-22-14-18(24-19)16-8-5-4-6-9-16/h4-10,13-14H,3,11-12,15H2,1-2H3,(H,21,23)(H,22,24). The highest BCUT2D eigenvalue weighted by Crippen LogP contribution is 2.16. The maximum Gasteiger partial charge on any atom is 0.194 e. The van der Waals surface area contributed by atoms with Crippen molar-refractivity contribution >= 4 is 17.3 Å². The van der Waals surface area contributed by atoms with Crippen molar-refractivity contribution < 1.29 is 0 Å². The molecule has 0 radical (unpaired) electrons. The van der Waals surface area contributed by atoms with Gasteiger partial charge in [0.05, 0.1) is 11.9 Å². The van der Waals surface area contributed by atoms with Gasteiger partial charge in [0.1, 0.15) is 12.4 Å². The zero-order chi connectivity index (χ0) is 18.2. The number of nitrogens with one attached hydrogen (secondary N) is 2. The van der Waals surface area contributed by atoms with Gasteiger partial charge in [-0.2, -0.15) is 0 Å². The fraction of sp³-hybridized carbons (Fsp3) is 0.300. The van der Waals surface area contributed by atoms with Gasteiger partial charge in [0.25, 0.3) is 0 Å². The van der Waals surface area contributed by atoms with Crippen molar-refractivity contribution in [2.75, 3.05) is 20.1 Å². The monoisotopic (exact) mass is 367 g/mol. The molecule has 5 nitrogen and oxygen atoms in total. The minimum Gasteiger partial charge on any atom is -0.357 e. The van der Waals surface area contributed by atoms with Crippen molar-refractivity contribution in [2.24, 2.45) is 4.99 Å². The zero-order valence-corrected chi connectivity index (χ0v) is 16.1. The Morgan fingerprint density at radius 3 is 2.81 bits per heavy atom. The third-order valence-corrected chi connectivity index (χ3v) is 5.00. The Kier molecular flexibility index (Phi) is 6.44. The Bertz CT molecular complexity index is 808. The molecular weight excluding hydrogens is 342 g/mol. The normalized spacial score (nSPS) is 11.5. The van der Waals surface area contributed by atoms with Crippen LogP contribution in [0.15, 0.2) is 59.0 Å². The van der Waals surface area contributed by atoms with E-state index < -0.39 is 0 Å². The van der Waals surface area contributed by atoms with Crippen LogP contribution >= 0.6 is 11.3 Å². The molecule has 136 valence electrons. The molecular formula is C20H25N5S. The molecule has 0 saturated carbocycles. The van der Waals surface area contributed by atoms with Gasteiger partial charge in [0.2, 0.25) is 0 Å². The van der Waals surface area contributed by atoms with Crippen LogP contribution in [0.2, 0.25) is 0 Å². The first kappa shape index (κ1) is 18.2. The molecule has 0 aliphatic carbocycles. The van der Waals surface area contributed by atoms with Crippen molar-refractivity contribution in [3.63, 3.8) is 0 Å². The molecule has 3 aromatic rings. The molecule has 2 aromatic heterocycles. The Hall–Kier alpha value is -2.60. The summed E-state index contributed by atoms with van der Waals surface area (Å²) in [5, 5.41) is 5.48. The van der Waals surface area contributed by atoms with Gasteiger partial charge in [0, 0.05) is 25.0 Å². The number of hydrogen-bond donors (Lipinski definition) is 2. The van der Waals surface area contributed by atoms with Crippen LogP contribution in [0, 0.1) is 0 Å². The van der Waals surface area contributed by atoms with Crippen LogP contribution in [0.25, 0.3) is 11.3 Å². The lowest BCUT2D eigenvalue weighted by Crippen LogP contribution is -2.39. The minimum atomic E-state index is 0.526. The molecule has 0 aliphatic heterocycles.